The Hall–Kier alpha value is -1.83. The summed E-state index contributed by atoms with van der Waals surface area (Å²) in [4.78, 5) is 29.5. The van der Waals surface area contributed by atoms with Gasteiger partial charge in [0.2, 0.25) is 11.8 Å². The summed E-state index contributed by atoms with van der Waals surface area (Å²) in [5.41, 5.74) is 1.42. The average Bonchev–Trinajstić information content (AvgIpc) is 2.87. The van der Waals surface area contributed by atoms with Crippen molar-refractivity contribution < 1.29 is 9.59 Å². The van der Waals surface area contributed by atoms with E-state index in [-0.39, 0.29) is 23.3 Å². The summed E-state index contributed by atoms with van der Waals surface area (Å²) in [6, 6.07) is 0.620. The van der Waals surface area contributed by atoms with Crippen LogP contribution in [0.3, 0.4) is 0 Å². The maximum Gasteiger partial charge on any atom is 0.245 e. The molecule has 0 aromatic carbocycles. The first-order chi connectivity index (χ1) is 13.2. The average molecular weight is 450 g/mol. The molecule has 1 spiro atoms. The van der Waals surface area contributed by atoms with Crippen LogP contribution in [-0.2, 0) is 9.59 Å². The Kier molecular flexibility index (Phi) is 4.80. The van der Waals surface area contributed by atoms with Crippen LogP contribution in [0.4, 0.5) is 5.82 Å². The number of halogens is 1. The van der Waals surface area contributed by atoms with Gasteiger partial charge >= 0.3 is 0 Å². The van der Waals surface area contributed by atoms with Crippen molar-refractivity contribution in [3.05, 3.63) is 22.8 Å². The van der Waals surface area contributed by atoms with Crippen molar-refractivity contribution in [2.24, 2.45) is 5.41 Å². The Balaban J connectivity index is 1.44. The lowest BCUT2D eigenvalue weighted by atomic mass is 9.60. The largest absolute Gasteiger partial charge is 0.348 e. The van der Waals surface area contributed by atoms with Crippen LogP contribution in [-0.4, -0.2) is 70.2 Å². The van der Waals surface area contributed by atoms with Crippen LogP contribution >= 0.6 is 15.9 Å². The number of amides is 2. The summed E-state index contributed by atoms with van der Waals surface area (Å²) < 4.78 is 3.21. The summed E-state index contributed by atoms with van der Waals surface area (Å²) in [5, 5.41) is 4.97. The summed E-state index contributed by atoms with van der Waals surface area (Å²) in [6.07, 6.45) is 3.53. The monoisotopic (exact) mass is 449 g/mol. The second kappa shape index (κ2) is 6.90. The zero-order valence-electron chi connectivity index (χ0n) is 16.8. The molecule has 3 aliphatic rings. The van der Waals surface area contributed by atoms with E-state index in [2.05, 4.69) is 45.9 Å². The first-order valence-electron chi connectivity index (χ1n) is 9.93. The van der Waals surface area contributed by atoms with Crippen molar-refractivity contribution in [1.82, 2.24) is 19.6 Å². The Morgan fingerprint density at radius 1 is 1.25 bits per heavy atom. The van der Waals surface area contributed by atoms with E-state index in [0.717, 1.165) is 61.5 Å². The summed E-state index contributed by atoms with van der Waals surface area (Å²) in [7, 11) is 0. The van der Waals surface area contributed by atoms with Gasteiger partial charge in [0, 0.05) is 51.1 Å². The van der Waals surface area contributed by atoms with E-state index in [4.69, 9.17) is 5.10 Å². The van der Waals surface area contributed by atoms with Gasteiger partial charge in [0.15, 0.2) is 5.82 Å². The molecule has 3 heterocycles. The molecule has 8 heteroatoms. The van der Waals surface area contributed by atoms with Crippen molar-refractivity contribution in [2.45, 2.75) is 45.7 Å². The minimum Gasteiger partial charge on any atom is -0.348 e. The van der Waals surface area contributed by atoms with E-state index in [1.165, 1.54) is 6.08 Å². The van der Waals surface area contributed by atoms with Crippen LogP contribution in [0.15, 0.2) is 17.1 Å². The van der Waals surface area contributed by atoms with Gasteiger partial charge in [-0.3, -0.25) is 14.3 Å². The molecule has 1 unspecified atom stereocenters. The Bertz CT molecular complexity index is 821. The summed E-state index contributed by atoms with van der Waals surface area (Å²) in [6.45, 7) is 13.4. The van der Waals surface area contributed by atoms with Gasteiger partial charge in [-0.2, -0.15) is 5.10 Å². The quantitative estimate of drug-likeness (QED) is 0.664. The molecule has 152 valence electrons. The van der Waals surface area contributed by atoms with Crippen molar-refractivity contribution in [1.29, 1.82) is 0 Å². The zero-order chi connectivity index (χ0) is 20.2. The summed E-state index contributed by atoms with van der Waals surface area (Å²) >= 11 is 3.76. The molecule has 1 aliphatic carbocycles. The number of piperazine rings is 1. The molecule has 2 aliphatic heterocycles. The van der Waals surface area contributed by atoms with E-state index in [1.807, 2.05) is 9.80 Å². The second-order valence-electron chi connectivity index (χ2n) is 8.64. The molecule has 1 aromatic heterocycles. The molecular formula is C20H28BrN5O2. The highest BCUT2D eigenvalue weighted by atomic mass is 79.9. The maximum absolute atomic E-state index is 11.7. The molecule has 0 bridgehead atoms. The normalized spacial score (nSPS) is 24.1. The third kappa shape index (κ3) is 3.06. The van der Waals surface area contributed by atoms with E-state index >= 15 is 0 Å². The Morgan fingerprint density at radius 2 is 1.93 bits per heavy atom. The van der Waals surface area contributed by atoms with Gasteiger partial charge < -0.3 is 14.7 Å². The molecule has 1 saturated carbocycles. The molecule has 1 atom stereocenters. The van der Waals surface area contributed by atoms with Gasteiger partial charge in [-0.05, 0) is 48.7 Å². The molecule has 7 nitrogen and oxygen atoms in total. The van der Waals surface area contributed by atoms with Crippen molar-refractivity contribution >= 4 is 33.6 Å². The number of nitrogens with zero attached hydrogens (tertiary/aromatic N) is 5. The predicted molar refractivity (Wildman–Crippen MR) is 111 cm³/mol. The molecular weight excluding hydrogens is 422 g/mol. The zero-order valence-corrected chi connectivity index (χ0v) is 18.4. The third-order valence-corrected chi connectivity index (χ3v) is 7.56. The van der Waals surface area contributed by atoms with Crippen molar-refractivity contribution in [2.75, 3.05) is 37.6 Å². The van der Waals surface area contributed by atoms with Crippen LogP contribution < -0.4 is 4.90 Å². The standard InChI is InChI=1S/C20H28BrN5O2/c1-5-17(28)24-11-20(12-24)8-16(9-20)26-14(3)18(21)19(22-26)25-7-6-23(15(4)27)10-13(25)2/h5,13,16H,1,6-12H2,2-4H3. The number of hydrogen-bond acceptors (Lipinski definition) is 4. The first-order valence-corrected chi connectivity index (χ1v) is 10.7. The van der Waals surface area contributed by atoms with Gasteiger partial charge in [0.05, 0.1) is 16.2 Å². The minimum atomic E-state index is 0.0352. The van der Waals surface area contributed by atoms with Crippen LogP contribution in [0, 0.1) is 12.3 Å². The van der Waals surface area contributed by atoms with Gasteiger partial charge in [0.1, 0.15) is 0 Å². The van der Waals surface area contributed by atoms with Crippen molar-refractivity contribution in [3.63, 3.8) is 0 Å². The first kappa shape index (κ1) is 19.5. The van der Waals surface area contributed by atoms with Crippen molar-refractivity contribution in [3.8, 4) is 0 Å². The fourth-order valence-electron chi connectivity index (χ4n) is 5.00. The lowest BCUT2D eigenvalue weighted by Gasteiger charge is -2.58. The molecule has 0 N–H and O–H groups in total. The van der Waals surface area contributed by atoms with E-state index < -0.39 is 0 Å². The second-order valence-corrected chi connectivity index (χ2v) is 9.43. The fourth-order valence-corrected chi connectivity index (χ4v) is 5.49. The van der Waals surface area contributed by atoms with Gasteiger partial charge in [-0.25, -0.2) is 0 Å². The van der Waals surface area contributed by atoms with Crippen LogP contribution in [0.5, 0.6) is 0 Å². The predicted octanol–water partition coefficient (Wildman–Crippen LogP) is 2.36. The lowest BCUT2D eigenvalue weighted by molar-refractivity contribution is -0.149. The van der Waals surface area contributed by atoms with Crippen LogP contribution in [0.2, 0.25) is 0 Å². The fraction of sp³-hybridized carbons (Fsp3) is 0.650. The number of rotatable bonds is 3. The smallest absolute Gasteiger partial charge is 0.245 e. The topological polar surface area (TPSA) is 61.7 Å². The lowest BCUT2D eigenvalue weighted by Crippen LogP contribution is -2.63. The van der Waals surface area contributed by atoms with Gasteiger partial charge in [-0.1, -0.05) is 6.58 Å². The number of anilines is 1. The van der Waals surface area contributed by atoms with Crippen LogP contribution in [0.1, 0.15) is 38.4 Å². The Morgan fingerprint density at radius 3 is 2.50 bits per heavy atom. The highest BCUT2D eigenvalue weighted by Gasteiger charge is 2.54. The number of hydrogen-bond donors (Lipinski definition) is 0. The molecule has 0 radical (unpaired) electrons. The highest BCUT2D eigenvalue weighted by Crippen LogP contribution is 2.54. The molecule has 2 amide bonds. The van der Waals surface area contributed by atoms with E-state index in [9.17, 15) is 9.59 Å². The third-order valence-electron chi connectivity index (χ3n) is 6.63. The number of carbonyl (C=O) groups is 2. The molecule has 3 fully saturated rings. The SMILES string of the molecule is C=CC(=O)N1CC2(CC(n3nc(N4CCN(C(C)=O)CC4C)c(Br)c3C)C2)C1. The van der Waals surface area contributed by atoms with Gasteiger partial charge in [0.25, 0.3) is 0 Å². The number of carbonyl (C=O) groups excluding carboxylic acids is 2. The maximum atomic E-state index is 11.7. The van der Waals surface area contributed by atoms with Crippen LogP contribution in [0.25, 0.3) is 0 Å². The van der Waals surface area contributed by atoms with E-state index in [0.29, 0.717) is 6.04 Å². The van der Waals surface area contributed by atoms with E-state index in [1.54, 1.807) is 6.92 Å². The molecule has 2 saturated heterocycles. The molecule has 1 aromatic rings. The Labute approximate surface area is 174 Å². The molecule has 28 heavy (non-hydrogen) atoms. The number of aromatic nitrogens is 2. The summed E-state index contributed by atoms with van der Waals surface area (Å²) in [5.74, 6) is 1.15. The van der Waals surface area contributed by atoms with Gasteiger partial charge in [-0.15, -0.1) is 0 Å². The number of likely N-dealkylation sites (tertiary alicyclic amines) is 1. The molecule has 4 rings (SSSR count). The minimum absolute atomic E-state index is 0.0352. The highest BCUT2D eigenvalue weighted by molar-refractivity contribution is 9.10.